The second-order valence-corrected chi connectivity index (χ2v) is 4.29. The highest BCUT2D eigenvalue weighted by atomic mass is 79.9. The molecule has 0 atom stereocenters. The van der Waals surface area contributed by atoms with Crippen molar-refractivity contribution in [1.82, 2.24) is 9.78 Å². The molecule has 0 bridgehead atoms. The second-order valence-electron chi connectivity index (χ2n) is 2.97. The van der Waals surface area contributed by atoms with E-state index in [4.69, 9.17) is 11.6 Å². The molecule has 0 N–H and O–H groups in total. The smallest absolute Gasteiger partial charge is 0.258 e. The molecule has 0 saturated heterocycles. The first-order valence-corrected chi connectivity index (χ1v) is 5.40. The number of hydrogen-bond acceptors (Lipinski definition) is 3. The van der Waals surface area contributed by atoms with Crippen molar-refractivity contribution in [3.05, 3.63) is 50.2 Å². The first kappa shape index (κ1) is 11.1. The fourth-order valence-corrected chi connectivity index (χ4v) is 1.83. The Morgan fingerprint density at radius 1 is 1.50 bits per heavy atom. The number of benzene rings is 1. The normalized spacial score (nSPS) is 10.4. The number of para-hydroxylation sites is 1. The van der Waals surface area contributed by atoms with E-state index in [1.807, 2.05) is 0 Å². The van der Waals surface area contributed by atoms with Crippen LogP contribution >= 0.6 is 27.5 Å². The lowest BCUT2D eigenvalue weighted by Crippen LogP contribution is -2.00. The highest BCUT2D eigenvalue weighted by Crippen LogP contribution is 2.30. The third-order valence-corrected chi connectivity index (χ3v) is 2.66. The third-order valence-electron chi connectivity index (χ3n) is 1.95. The van der Waals surface area contributed by atoms with Crippen LogP contribution in [0.1, 0.15) is 0 Å². The van der Waals surface area contributed by atoms with Gasteiger partial charge in [-0.25, -0.2) is 4.68 Å². The first-order valence-electron chi connectivity index (χ1n) is 4.23. The molecule has 0 fully saturated rings. The molecule has 1 aromatic heterocycles. The van der Waals surface area contributed by atoms with E-state index in [2.05, 4.69) is 21.0 Å². The van der Waals surface area contributed by atoms with Gasteiger partial charge in [-0.15, -0.1) is 0 Å². The average Bonchev–Trinajstić information content (AvgIpc) is 2.63. The van der Waals surface area contributed by atoms with E-state index in [1.54, 1.807) is 24.5 Å². The molecular weight excluding hydrogens is 297 g/mol. The van der Waals surface area contributed by atoms with E-state index in [0.717, 1.165) is 4.47 Å². The molecule has 5 nitrogen and oxygen atoms in total. The molecule has 1 heterocycles. The van der Waals surface area contributed by atoms with Gasteiger partial charge in [0.1, 0.15) is 10.7 Å². The molecule has 1 aromatic carbocycles. The Morgan fingerprint density at radius 3 is 2.81 bits per heavy atom. The fourth-order valence-electron chi connectivity index (χ4n) is 1.30. The van der Waals surface area contributed by atoms with Crippen molar-refractivity contribution in [1.29, 1.82) is 0 Å². The van der Waals surface area contributed by atoms with Gasteiger partial charge in [-0.2, -0.15) is 5.10 Å². The maximum atomic E-state index is 10.9. The molecule has 16 heavy (non-hydrogen) atoms. The van der Waals surface area contributed by atoms with Crippen molar-refractivity contribution < 1.29 is 4.92 Å². The SMILES string of the molecule is O=[N+]([O-])c1c(Cl)cccc1-n1cc(Br)cn1. The van der Waals surface area contributed by atoms with Crippen LogP contribution in [-0.4, -0.2) is 14.7 Å². The van der Waals surface area contributed by atoms with E-state index in [1.165, 1.54) is 10.7 Å². The predicted molar refractivity (Wildman–Crippen MR) is 62.9 cm³/mol. The van der Waals surface area contributed by atoms with E-state index >= 15 is 0 Å². The third kappa shape index (κ3) is 1.94. The summed E-state index contributed by atoms with van der Waals surface area (Å²) in [6, 6.07) is 4.70. The molecule has 82 valence electrons. The number of rotatable bonds is 2. The van der Waals surface area contributed by atoms with Crippen LogP contribution in [0.3, 0.4) is 0 Å². The fraction of sp³-hybridized carbons (Fsp3) is 0. The molecule has 0 saturated carbocycles. The molecule has 0 aliphatic heterocycles. The van der Waals surface area contributed by atoms with Crippen molar-refractivity contribution in [2.75, 3.05) is 0 Å². The molecule has 0 spiro atoms. The van der Waals surface area contributed by atoms with Crippen LogP contribution in [0.4, 0.5) is 5.69 Å². The lowest BCUT2D eigenvalue weighted by atomic mass is 10.2. The maximum absolute atomic E-state index is 10.9. The van der Waals surface area contributed by atoms with Gasteiger partial charge in [0, 0.05) is 6.20 Å². The molecule has 7 heteroatoms. The Kier molecular flexibility index (Phi) is 2.93. The standard InChI is InChI=1S/C9H5BrClN3O2/c10-6-4-12-13(5-6)8-3-1-2-7(11)9(8)14(15)16/h1-5H. The number of hydrogen-bond donors (Lipinski definition) is 0. The number of nitro groups is 1. The molecule has 0 radical (unpaired) electrons. The van der Waals surface area contributed by atoms with Gasteiger partial charge in [0.2, 0.25) is 0 Å². The number of aromatic nitrogens is 2. The Labute approximate surface area is 104 Å². The summed E-state index contributed by atoms with van der Waals surface area (Å²) in [6.45, 7) is 0. The van der Waals surface area contributed by atoms with Crippen LogP contribution in [0.2, 0.25) is 5.02 Å². The summed E-state index contributed by atoms with van der Waals surface area (Å²) in [6.07, 6.45) is 3.17. The van der Waals surface area contributed by atoms with Gasteiger partial charge in [0.05, 0.1) is 15.6 Å². The van der Waals surface area contributed by atoms with E-state index in [9.17, 15) is 10.1 Å². The van der Waals surface area contributed by atoms with E-state index in [0.29, 0.717) is 5.69 Å². The number of halogens is 2. The van der Waals surface area contributed by atoms with Gasteiger partial charge in [0.25, 0.3) is 0 Å². The van der Waals surface area contributed by atoms with Crippen LogP contribution in [0.15, 0.2) is 35.1 Å². The van der Waals surface area contributed by atoms with Gasteiger partial charge in [-0.05, 0) is 28.1 Å². The van der Waals surface area contributed by atoms with Crippen molar-refractivity contribution >= 4 is 33.2 Å². The molecule has 2 rings (SSSR count). The second kappa shape index (κ2) is 4.23. The summed E-state index contributed by atoms with van der Waals surface area (Å²) in [5, 5.41) is 15.0. The minimum atomic E-state index is -0.521. The number of nitro benzene ring substituents is 1. The quantitative estimate of drug-likeness (QED) is 0.632. The molecule has 2 aromatic rings. The molecule has 0 amide bonds. The Balaban J connectivity index is 2.65. The van der Waals surface area contributed by atoms with Crippen LogP contribution in [-0.2, 0) is 0 Å². The van der Waals surface area contributed by atoms with Crippen LogP contribution in [0, 0.1) is 10.1 Å². The predicted octanol–water partition coefficient (Wildman–Crippen LogP) is 3.20. The van der Waals surface area contributed by atoms with Crippen LogP contribution < -0.4 is 0 Å². The van der Waals surface area contributed by atoms with Gasteiger partial charge < -0.3 is 0 Å². The Bertz CT molecular complexity index is 555. The molecule has 0 aliphatic carbocycles. The van der Waals surface area contributed by atoms with Crippen LogP contribution in [0.5, 0.6) is 0 Å². The van der Waals surface area contributed by atoms with Crippen LogP contribution in [0.25, 0.3) is 5.69 Å². The summed E-state index contributed by atoms with van der Waals surface area (Å²) >= 11 is 9.01. The van der Waals surface area contributed by atoms with Crippen molar-refractivity contribution in [2.24, 2.45) is 0 Å². The lowest BCUT2D eigenvalue weighted by Gasteiger charge is -2.03. The van der Waals surface area contributed by atoms with E-state index in [-0.39, 0.29) is 10.7 Å². The summed E-state index contributed by atoms with van der Waals surface area (Å²) in [7, 11) is 0. The minimum absolute atomic E-state index is 0.0918. The zero-order valence-corrected chi connectivity index (χ0v) is 10.1. The Hall–Kier alpha value is -1.40. The van der Waals surface area contributed by atoms with E-state index < -0.39 is 4.92 Å². The minimum Gasteiger partial charge on any atom is -0.258 e. The lowest BCUT2D eigenvalue weighted by molar-refractivity contribution is -0.384. The topological polar surface area (TPSA) is 61.0 Å². The molecule has 0 aliphatic rings. The summed E-state index contributed by atoms with van der Waals surface area (Å²) < 4.78 is 2.13. The van der Waals surface area contributed by atoms with Gasteiger partial charge in [0.15, 0.2) is 0 Å². The first-order chi connectivity index (χ1) is 7.59. The van der Waals surface area contributed by atoms with Crippen molar-refractivity contribution in [3.8, 4) is 5.69 Å². The molecular formula is C9H5BrClN3O2. The summed E-state index contributed by atoms with van der Waals surface area (Å²) in [4.78, 5) is 10.4. The largest absolute Gasteiger partial charge is 0.313 e. The van der Waals surface area contributed by atoms with Crippen molar-refractivity contribution in [2.45, 2.75) is 0 Å². The summed E-state index contributed by atoms with van der Waals surface area (Å²) in [5.74, 6) is 0. The highest BCUT2D eigenvalue weighted by Gasteiger charge is 2.20. The average molecular weight is 303 g/mol. The zero-order chi connectivity index (χ0) is 11.7. The van der Waals surface area contributed by atoms with Crippen molar-refractivity contribution in [3.63, 3.8) is 0 Å². The summed E-state index contributed by atoms with van der Waals surface area (Å²) in [5.41, 5.74) is 0.183. The zero-order valence-electron chi connectivity index (χ0n) is 7.80. The van der Waals surface area contributed by atoms with Gasteiger partial charge in [-0.1, -0.05) is 17.7 Å². The van der Waals surface area contributed by atoms with Gasteiger partial charge >= 0.3 is 5.69 Å². The maximum Gasteiger partial charge on any atom is 0.313 e. The number of nitrogens with zero attached hydrogens (tertiary/aromatic N) is 3. The monoisotopic (exact) mass is 301 g/mol. The molecule has 0 unspecified atom stereocenters. The highest BCUT2D eigenvalue weighted by molar-refractivity contribution is 9.10. The Morgan fingerprint density at radius 2 is 2.25 bits per heavy atom. The van der Waals surface area contributed by atoms with Gasteiger partial charge in [-0.3, -0.25) is 10.1 Å².